The summed E-state index contributed by atoms with van der Waals surface area (Å²) in [6, 6.07) is 5.38. The van der Waals surface area contributed by atoms with Crippen molar-refractivity contribution in [2.45, 2.75) is 31.8 Å². The van der Waals surface area contributed by atoms with Crippen molar-refractivity contribution < 1.29 is 9.53 Å². The molecule has 1 atom stereocenters. The molecule has 1 heterocycles. The fourth-order valence-electron chi connectivity index (χ4n) is 2.28. The molecule has 1 aromatic rings. The van der Waals surface area contributed by atoms with Gasteiger partial charge in [0.1, 0.15) is 5.75 Å². The Morgan fingerprint density at radius 1 is 1.50 bits per heavy atom. The van der Waals surface area contributed by atoms with E-state index in [9.17, 15) is 4.79 Å². The van der Waals surface area contributed by atoms with E-state index in [2.05, 4.69) is 10.6 Å². The van der Waals surface area contributed by atoms with Crippen LogP contribution in [0.5, 0.6) is 5.75 Å². The third-order valence-electron chi connectivity index (χ3n) is 3.36. The molecule has 4 nitrogen and oxygen atoms in total. The predicted molar refractivity (Wildman–Crippen MR) is 82.7 cm³/mol. The quantitative estimate of drug-likeness (QED) is 0.897. The van der Waals surface area contributed by atoms with E-state index in [0.717, 1.165) is 31.4 Å². The molecule has 0 saturated carbocycles. The lowest BCUT2D eigenvalue weighted by Crippen LogP contribution is -2.46. The fraction of sp³-hybridized carbons (Fsp3) is 0.500. The summed E-state index contributed by atoms with van der Waals surface area (Å²) in [6.07, 6.45) is 3.13. The average molecular weight is 319 g/mol. The van der Waals surface area contributed by atoms with Crippen LogP contribution in [0.4, 0.5) is 0 Å². The number of benzene rings is 1. The highest BCUT2D eigenvalue weighted by atomic mass is 35.5. The van der Waals surface area contributed by atoms with Gasteiger partial charge in [-0.2, -0.15) is 0 Å². The van der Waals surface area contributed by atoms with Crippen molar-refractivity contribution in [3.8, 4) is 5.75 Å². The molecule has 0 aromatic heterocycles. The molecule has 1 aliphatic heterocycles. The summed E-state index contributed by atoms with van der Waals surface area (Å²) < 4.78 is 5.25. The third-order valence-corrected chi connectivity index (χ3v) is 3.72. The lowest BCUT2D eigenvalue weighted by Gasteiger charge is -2.22. The lowest BCUT2D eigenvalue weighted by atomic mass is 10.0. The number of rotatable bonds is 4. The van der Waals surface area contributed by atoms with Gasteiger partial charge >= 0.3 is 0 Å². The van der Waals surface area contributed by atoms with E-state index in [1.165, 1.54) is 0 Å². The van der Waals surface area contributed by atoms with E-state index in [-0.39, 0.29) is 24.4 Å². The zero-order chi connectivity index (χ0) is 13.7. The predicted octanol–water partition coefficient (Wildman–Crippen LogP) is 2.53. The van der Waals surface area contributed by atoms with E-state index in [1.54, 1.807) is 13.2 Å². The minimum Gasteiger partial charge on any atom is -0.496 e. The van der Waals surface area contributed by atoms with Crippen LogP contribution in [0.2, 0.25) is 5.02 Å². The Morgan fingerprint density at radius 2 is 2.30 bits per heavy atom. The Bertz CT molecular complexity index is 449. The topological polar surface area (TPSA) is 50.4 Å². The van der Waals surface area contributed by atoms with Gasteiger partial charge < -0.3 is 15.4 Å². The highest BCUT2D eigenvalue weighted by molar-refractivity contribution is 6.31. The molecule has 1 saturated heterocycles. The number of halogens is 2. The summed E-state index contributed by atoms with van der Waals surface area (Å²) in [5.41, 5.74) is 0.816. The Hall–Kier alpha value is -0.970. The summed E-state index contributed by atoms with van der Waals surface area (Å²) in [4.78, 5) is 12.0. The van der Waals surface area contributed by atoms with Crippen LogP contribution in [-0.2, 0) is 11.3 Å². The molecule has 6 heteroatoms. The van der Waals surface area contributed by atoms with Gasteiger partial charge in [0, 0.05) is 17.1 Å². The van der Waals surface area contributed by atoms with Gasteiger partial charge in [-0.15, -0.1) is 12.4 Å². The molecule has 0 unspecified atom stereocenters. The monoisotopic (exact) mass is 318 g/mol. The molecule has 2 N–H and O–H groups in total. The normalized spacial score (nSPS) is 18.0. The minimum absolute atomic E-state index is 0. The van der Waals surface area contributed by atoms with Crippen molar-refractivity contribution in [1.82, 2.24) is 10.6 Å². The Morgan fingerprint density at radius 3 is 2.95 bits per heavy atom. The van der Waals surface area contributed by atoms with Crippen LogP contribution in [0.25, 0.3) is 0 Å². The molecule has 112 valence electrons. The standard InChI is InChI=1S/C14H19ClN2O2.ClH/c1-19-13-7-4-5-11(15)10(13)9-17-14(18)12-6-2-3-8-16-12;/h4-5,7,12,16H,2-3,6,8-9H2,1H3,(H,17,18);1H/t12-;/m1./s1. The van der Waals surface area contributed by atoms with E-state index in [4.69, 9.17) is 16.3 Å². The molecule has 0 spiro atoms. The SMILES string of the molecule is COc1cccc(Cl)c1CNC(=O)[C@H]1CCCCN1.Cl. The first-order valence-corrected chi connectivity index (χ1v) is 6.92. The van der Waals surface area contributed by atoms with Gasteiger partial charge in [0.2, 0.25) is 5.91 Å². The van der Waals surface area contributed by atoms with E-state index >= 15 is 0 Å². The number of methoxy groups -OCH3 is 1. The maximum absolute atomic E-state index is 12.0. The van der Waals surface area contributed by atoms with E-state index < -0.39 is 0 Å². The summed E-state index contributed by atoms with van der Waals surface area (Å²) >= 11 is 6.13. The number of carbonyl (C=O) groups is 1. The van der Waals surface area contributed by atoms with Crippen LogP contribution < -0.4 is 15.4 Å². The lowest BCUT2D eigenvalue weighted by molar-refractivity contribution is -0.123. The van der Waals surface area contributed by atoms with Crippen molar-refractivity contribution in [2.75, 3.05) is 13.7 Å². The highest BCUT2D eigenvalue weighted by Gasteiger charge is 2.20. The number of hydrogen-bond donors (Lipinski definition) is 2. The van der Waals surface area contributed by atoms with E-state index in [0.29, 0.717) is 17.3 Å². The van der Waals surface area contributed by atoms with Crippen LogP contribution in [0.1, 0.15) is 24.8 Å². The Labute approximate surface area is 130 Å². The number of nitrogens with one attached hydrogen (secondary N) is 2. The van der Waals surface area contributed by atoms with Gasteiger partial charge in [-0.25, -0.2) is 0 Å². The highest BCUT2D eigenvalue weighted by Crippen LogP contribution is 2.25. The number of carbonyl (C=O) groups excluding carboxylic acids is 1. The van der Waals surface area contributed by atoms with Crippen LogP contribution in [0, 0.1) is 0 Å². The second kappa shape index (κ2) is 8.35. The molecule has 0 bridgehead atoms. The molecular formula is C14H20Cl2N2O2. The van der Waals surface area contributed by atoms with Crippen LogP contribution >= 0.6 is 24.0 Å². The molecule has 1 fully saturated rings. The second-order valence-corrected chi connectivity index (χ2v) is 5.05. The van der Waals surface area contributed by atoms with Crippen molar-refractivity contribution in [2.24, 2.45) is 0 Å². The molecule has 0 radical (unpaired) electrons. The van der Waals surface area contributed by atoms with Gasteiger partial charge in [0.25, 0.3) is 0 Å². The van der Waals surface area contributed by atoms with Gasteiger partial charge in [-0.3, -0.25) is 4.79 Å². The minimum atomic E-state index is -0.0813. The largest absolute Gasteiger partial charge is 0.496 e. The van der Waals surface area contributed by atoms with Gasteiger partial charge in [-0.1, -0.05) is 24.1 Å². The van der Waals surface area contributed by atoms with Crippen LogP contribution in [-0.4, -0.2) is 25.6 Å². The summed E-state index contributed by atoms with van der Waals surface area (Å²) in [5.74, 6) is 0.728. The van der Waals surface area contributed by atoms with Crippen molar-refractivity contribution >= 4 is 29.9 Å². The fourth-order valence-corrected chi connectivity index (χ4v) is 2.51. The van der Waals surface area contributed by atoms with Gasteiger partial charge in [-0.05, 0) is 31.5 Å². The van der Waals surface area contributed by atoms with Crippen molar-refractivity contribution in [3.63, 3.8) is 0 Å². The molecule has 20 heavy (non-hydrogen) atoms. The first-order chi connectivity index (χ1) is 9.22. The van der Waals surface area contributed by atoms with E-state index in [1.807, 2.05) is 12.1 Å². The Kier molecular flexibility index (Phi) is 7.13. The molecule has 1 aliphatic rings. The molecule has 1 aromatic carbocycles. The van der Waals surface area contributed by atoms with Crippen LogP contribution in [0.15, 0.2) is 18.2 Å². The van der Waals surface area contributed by atoms with Gasteiger partial charge in [0.15, 0.2) is 0 Å². The smallest absolute Gasteiger partial charge is 0.237 e. The van der Waals surface area contributed by atoms with Crippen molar-refractivity contribution in [3.05, 3.63) is 28.8 Å². The number of ether oxygens (including phenoxy) is 1. The number of piperidine rings is 1. The summed E-state index contributed by atoms with van der Waals surface area (Å²) in [5, 5.41) is 6.75. The first-order valence-electron chi connectivity index (χ1n) is 6.55. The maximum Gasteiger partial charge on any atom is 0.237 e. The summed E-state index contributed by atoms with van der Waals surface area (Å²) in [6.45, 7) is 1.30. The van der Waals surface area contributed by atoms with Crippen LogP contribution in [0.3, 0.4) is 0 Å². The number of hydrogen-bond acceptors (Lipinski definition) is 3. The average Bonchev–Trinajstić information content (AvgIpc) is 2.46. The number of amides is 1. The zero-order valence-electron chi connectivity index (χ0n) is 11.4. The Balaban J connectivity index is 0.00000200. The first kappa shape index (κ1) is 17.1. The molecule has 0 aliphatic carbocycles. The summed E-state index contributed by atoms with van der Waals surface area (Å²) in [7, 11) is 1.60. The maximum atomic E-state index is 12.0. The van der Waals surface area contributed by atoms with Gasteiger partial charge in [0.05, 0.1) is 13.2 Å². The van der Waals surface area contributed by atoms with Crippen molar-refractivity contribution in [1.29, 1.82) is 0 Å². The molecular weight excluding hydrogens is 299 g/mol. The second-order valence-electron chi connectivity index (χ2n) is 4.64. The molecule has 1 amide bonds. The third kappa shape index (κ3) is 4.27. The zero-order valence-corrected chi connectivity index (χ0v) is 13.0. The molecule has 2 rings (SSSR count).